The lowest BCUT2D eigenvalue weighted by Crippen LogP contribution is -2.24. The maximum atomic E-state index is 4.25. The molecule has 2 aliphatic heterocycles. The van der Waals surface area contributed by atoms with Gasteiger partial charge in [-0.1, -0.05) is 49.6 Å². The normalized spacial score (nSPS) is 16.0. The van der Waals surface area contributed by atoms with Gasteiger partial charge in [0.2, 0.25) is 0 Å². The molecule has 4 rings (SSSR count). The molecule has 0 N–H and O–H groups in total. The third kappa shape index (κ3) is 3.67. The number of nitrogens with zero attached hydrogens (tertiary/aromatic N) is 4. The molecule has 0 saturated heterocycles. The van der Waals surface area contributed by atoms with E-state index in [9.17, 15) is 0 Å². The number of hydrogen-bond donors (Lipinski definition) is 0. The van der Waals surface area contributed by atoms with Crippen LogP contribution < -0.4 is 9.80 Å². The third-order valence-electron chi connectivity index (χ3n) is 5.13. The van der Waals surface area contributed by atoms with Gasteiger partial charge in [0.15, 0.2) is 0 Å². The van der Waals surface area contributed by atoms with Gasteiger partial charge in [-0.2, -0.15) is 0 Å². The Balaban J connectivity index is 1.23. The van der Waals surface area contributed by atoms with Crippen molar-refractivity contribution in [2.45, 2.75) is 12.8 Å². The molecular weight excluding hydrogens is 344 g/mol. The molecule has 4 heteroatoms. The van der Waals surface area contributed by atoms with Gasteiger partial charge < -0.3 is 19.6 Å². The minimum Gasteiger partial charge on any atom is -0.333 e. The van der Waals surface area contributed by atoms with Crippen molar-refractivity contribution >= 4 is 11.4 Å². The molecule has 2 aliphatic rings. The highest BCUT2D eigenvalue weighted by molar-refractivity contribution is 5.57. The predicted octanol–water partition coefficient (Wildman–Crippen LogP) is 5.30. The van der Waals surface area contributed by atoms with Crippen LogP contribution >= 0.6 is 0 Å². The lowest BCUT2D eigenvalue weighted by Gasteiger charge is -2.25. The molecule has 0 spiro atoms. The highest BCUT2D eigenvalue weighted by Crippen LogP contribution is 2.27. The zero-order chi connectivity index (χ0) is 19.3. The summed E-state index contributed by atoms with van der Waals surface area (Å²) < 4.78 is 0. The van der Waals surface area contributed by atoms with Gasteiger partial charge in [-0.25, -0.2) is 0 Å². The van der Waals surface area contributed by atoms with Crippen molar-refractivity contribution in [2.75, 3.05) is 22.9 Å². The summed E-state index contributed by atoms with van der Waals surface area (Å²) in [5, 5.41) is 0. The first kappa shape index (κ1) is 18.0. The van der Waals surface area contributed by atoms with E-state index in [0.29, 0.717) is 0 Å². The van der Waals surface area contributed by atoms with Crippen molar-refractivity contribution in [2.24, 2.45) is 0 Å². The smallest absolute Gasteiger partial charge is 0.109 e. The minimum absolute atomic E-state index is 0.963. The molecule has 0 aromatic heterocycles. The Morgan fingerprint density at radius 2 is 0.929 bits per heavy atom. The molecule has 2 heterocycles. The molecule has 2 aromatic carbocycles. The molecule has 142 valence electrons. The molecule has 0 amide bonds. The number of unbranched alkanes of at least 4 members (excludes halogenated alkanes) is 1. The Morgan fingerprint density at radius 1 is 0.536 bits per heavy atom. The summed E-state index contributed by atoms with van der Waals surface area (Å²) in [5.74, 6) is 2.01. The van der Waals surface area contributed by atoms with Crippen molar-refractivity contribution in [1.29, 1.82) is 0 Å². The van der Waals surface area contributed by atoms with E-state index in [0.717, 1.165) is 48.9 Å². The van der Waals surface area contributed by atoms with E-state index in [2.05, 4.69) is 81.8 Å². The van der Waals surface area contributed by atoms with Crippen LogP contribution in [0.25, 0.3) is 0 Å². The summed E-state index contributed by atoms with van der Waals surface area (Å²) >= 11 is 0. The number of para-hydroxylation sites is 2. The quantitative estimate of drug-likeness (QED) is 0.614. The molecule has 4 nitrogen and oxygen atoms in total. The second kappa shape index (κ2) is 8.09. The topological polar surface area (TPSA) is 13.0 Å². The first-order valence-corrected chi connectivity index (χ1v) is 9.70. The summed E-state index contributed by atoms with van der Waals surface area (Å²) in [5.41, 5.74) is 2.29. The standard InChI is InChI=1S/C24H26N4/c1-21-25(17-19-27(21)23-11-5-3-6-12-23)15-9-10-16-26-18-20-28(22(26)2)24-13-7-4-8-14-24/h3-8,11-14,17-20H,1-2,9-10,15-16H2. The van der Waals surface area contributed by atoms with Crippen LogP contribution in [0.5, 0.6) is 0 Å². The van der Waals surface area contributed by atoms with Crippen molar-refractivity contribution in [3.8, 4) is 0 Å². The highest BCUT2D eigenvalue weighted by atomic mass is 15.4. The van der Waals surface area contributed by atoms with Crippen molar-refractivity contribution in [3.05, 3.63) is 110 Å². The van der Waals surface area contributed by atoms with E-state index >= 15 is 0 Å². The highest BCUT2D eigenvalue weighted by Gasteiger charge is 2.20. The lowest BCUT2D eigenvalue weighted by atomic mass is 10.2. The van der Waals surface area contributed by atoms with Crippen molar-refractivity contribution < 1.29 is 0 Å². The monoisotopic (exact) mass is 370 g/mol. The molecule has 0 bridgehead atoms. The SMILES string of the molecule is C=C1N(CCCCN2C=CN(c3ccccc3)C2=C)C=CN1c1ccccc1. The van der Waals surface area contributed by atoms with Gasteiger partial charge in [0.1, 0.15) is 11.6 Å². The first-order chi connectivity index (χ1) is 13.7. The van der Waals surface area contributed by atoms with E-state index in [1.54, 1.807) is 0 Å². The van der Waals surface area contributed by atoms with Gasteiger partial charge in [-0.05, 0) is 37.1 Å². The van der Waals surface area contributed by atoms with E-state index in [-0.39, 0.29) is 0 Å². The third-order valence-corrected chi connectivity index (χ3v) is 5.13. The second-order valence-electron chi connectivity index (χ2n) is 6.93. The molecule has 0 unspecified atom stereocenters. The second-order valence-corrected chi connectivity index (χ2v) is 6.93. The van der Waals surface area contributed by atoms with E-state index in [1.807, 2.05) is 36.4 Å². The predicted molar refractivity (Wildman–Crippen MR) is 117 cm³/mol. The van der Waals surface area contributed by atoms with Crippen LogP contribution in [0.15, 0.2) is 110 Å². The Kier molecular flexibility index (Phi) is 5.20. The summed E-state index contributed by atoms with van der Waals surface area (Å²) in [6.07, 6.45) is 10.6. The molecule has 0 saturated carbocycles. The summed E-state index contributed by atoms with van der Waals surface area (Å²) in [4.78, 5) is 8.70. The number of anilines is 2. The van der Waals surface area contributed by atoms with E-state index < -0.39 is 0 Å². The van der Waals surface area contributed by atoms with Crippen LogP contribution in [-0.4, -0.2) is 22.9 Å². The number of benzene rings is 2. The molecule has 2 aromatic rings. The van der Waals surface area contributed by atoms with Gasteiger partial charge in [-0.3, -0.25) is 0 Å². The number of hydrogen-bond acceptors (Lipinski definition) is 4. The largest absolute Gasteiger partial charge is 0.333 e. The molecule has 0 atom stereocenters. The lowest BCUT2D eigenvalue weighted by molar-refractivity contribution is 0.411. The maximum absolute atomic E-state index is 4.25. The Bertz CT molecular complexity index is 810. The Labute approximate surface area is 167 Å². The van der Waals surface area contributed by atoms with Gasteiger partial charge >= 0.3 is 0 Å². The van der Waals surface area contributed by atoms with E-state index in [4.69, 9.17) is 0 Å². The minimum atomic E-state index is 0.963. The maximum Gasteiger partial charge on any atom is 0.109 e. The van der Waals surface area contributed by atoms with Gasteiger partial charge in [0.25, 0.3) is 0 Å². The number of rotatable bonds is 7. The fourth-order valence-electron chi connectivity index (χ4n) is 3.53. The zero-order valence-electron chi connectivity index (χ0n) is 16.1. The van der Waals surface area contributed by atoms with Crippen LogP contribution in [0.1, 0.15) is 12.8 Å². The van der Waals surface area contributed by atoms with Crippen molar-refractivity contribution in [3.63, 3.8) is 0 Å². The molecule has 0 aliphatic carbocycles. The molecular formula is C24H26N4. The average molecular weight is 371 g/mol. The van der Waals surface area contributed by atoms with Crippen LogP contribution in [-0.2, 0) is 0 Å². The van der Waals surface area contributed by atoms with Crippen LogP contribution in [0.4, 0.5) is 11.4 Å². The van der Waals surface area contributed by atoms with Crippen LogP contribution in [0, 0.1) is 0 Å². The first-order valence-electron chi connectivity index (χ1n) is 9.70. The summed E-state index contributed by atoms with van der Waals surface area (Å²) in [6.45, 7) is 10.4. The molecule has 0 fully saturated rings. The molecule has 0 radical (unpaired) electrons. The fraction of sp³-hybridized carbons (Fsp3) is 0.167. The van der Waals surface area contributed by atoms with Gasteiger partial charge in [-0.15, -0.1) is 0 Å². The van der Waals surface area contributed by atoms with Gasteiger partial charge in [0.05, 0.1) is 0 Å². The van der Waals surface area contributed by atoms with Crippen molar-refractivity contribution in [1.82, 2.24) is 9.80 Å². The van der Waals surface area contributed by atoms with Gasteiger partial charge in [0, 0.05) is 49.3 Å². The van der Waals surface area contributed by atoms with E-state index in [1.165, 1.54) is 0 Å². The Morgan fingerprint density at radius 3 is 1.32 bits per heavy atom. The fourth-order valence-corrected chi connectivity index (χ4v) is 3.53. The Hall–Kier alpha value is -3.40. The van der Waals surface area contributed by atoms with Crippen LogP contribution in [0.3, 0.4) is 0 Å². The molecule has 28 heavy (non-hydrogen) atoms. The zero-order valence-corrected chi connectivity index (χ0v) is 16.1. The summed E-state index contributed by atoms with van der Waals surface area (Å²) in [7, 11) is 0. The van der Waals surface area contributed by atoms with Crippen LogP contribution in [0.2, 0.25) is 0 Å². The average Bonchev–Trinajstić information content (AvgIpc) is 3.29. The summed E-state index contributed by atoms with van der Waals surface area (Å²) in [6, 6.07) is 20.7.